The monoisotopic (exact) mass is 271 g/mol. The Morgan fingerprint density at radius 3 is 2.85 bits per heavy atom. The van der Waals surface area contributed by atoms with E-state index in [1.165, 1.54) is 29.5 Å². The fourth-order valence-electron chi connectivity index (χ4n) is 2.23. The van der Waals surface area contributed by atoms with Crippen LogP contribution in [0.1, 0.15) is 41.2 Å². The first-order valence-electron chi connectivity index (χ1n) is 7.31. The fraction of sp³-hybridized carbons (Fsp3) is 0.500. The van der Waals surface area contributed by atoms with Gasteiger partial charge in [0.1, 0.15) is 0 Å². The van der Waals surface area contributed by atoms with Crippen LogP contribution in [0.3, 0.4) is 0 Å². The van der Waals surface area contributed by atoms with Crippen molar-refractivity contribution in [3.8, 4) is 0 Å². The number of nitrogens with zero attached hydrogens (tertiary/aromatic N) is 2. The van der Waals surface area contributed by atoms with Crippen LogP contribution in [0.2, 0.25) is 0 Å². The highest BCUT2D eigenvalue weighted by Crippen LogP contribution is 2.18. The van der Waals surface area contributed by atoms with Gasteiger partial charge in [-0.15, -0.1) is 0 Å². The van der Waals surface area contributed by atoms with Crippen molar-refractivity contribution >= 4 is 0 Å². The van der Waals surface area contributed by atoms with E-state index in [1.54, 1.807) is 0 Å². The van der Waals surface area contributed by atoms with Crippen molar-refractivity contribution in [2.45, 2.75) is 45.6 Å². The number of aromatic nitrogens is 2. The lowest BCUT2D eigenvalue weighted by Gasteiger charge is -2.02. The summed E-state index contributed by atoms with van der Waals surface area (Å²) in [6, 6.07) is 7.20. The highest BCUT2D eigenvalue weighted by molar-refractivity contribution is 5.31. The number of rotatable bonds is 6. The predicted molar refractivity (Wildman–Crippen MR) is 77.7 cm³/mol. The number of hydrogen-bond donors (Lipinski definition) is 1. The molecule has 1 aromatic heterocycles. The van der Waals surface area contributed by atoms with Crippen LogP contribution in [0.15, 0.2) is 22.7 Å². The Labute approximate surface area is 119 Å². The standard InChI is InChI=1S/C16H21N3O/c1-11-3-4-13(9-12(11)2)10-15-18-16(20-19-15)7-8-17-14-5-6-14/h3-4,9,14,17H,5-8,10H2,1-2H3. The van der Waals surface area contributed by atoms with Crippen molar-refractivity contribution in [2.24, 2.45) is 0 Å². The molecule has 0 amide bonds. The van der Waals surface area contributed by atoms with Gasteiger partial charge in [-0.3, -0.25) is 0 Å². The second-order valence-corrected chi connectivity index (χ2v) is 5.68. The quantitative estimate of drug-likeness (QED) is 0.877. The van der Waals surface area contributed by atoms with Gasteiger partial charge in [0.05, 0.1) is 0 Å². The molecule has 0 unspecified atom stereocenters. The van der Waals surface area contributed by atoms with Crippen molar-refractivity contribution in [3.63, 3.8) is 0 Å². The Hall–Kier alpha value is -1.68. The van der Waals surface area contributed by atoms with E-state index in [-0.39, 0.29) is 0 Å². The Balaban J connectivity index is 1.56. The van der Waals surface area contributed by atoms with Crippen LogP contribution in [-0.2, 0) is 12.8 Å². The van der Waals surface area contributed by atoms with Gasteiger partial charge in [0.2, 0.25) is 5.89 Å². The first kappa shape index (κ1) is 13.3. The Morgan fingerprint density at radius 2 is 2.10 bits per heavy atom. The second kappa shape index (κ2) is 5.75. The molecule has 1 aliphatic rings. The molecule has 4 heteroatoms. The van der Waals surface area contributed by atoms with Crippen molar-refractivity contribution in [1.29, 1.82) is 0 Å². The molecule has 1 saturated carbocycles. The van der Waals surface area contributed by atoms with Gasteiger partial charge < -0.3 is 9.84 Å². The molecular formula is C16H21N3O. The van der Waals surface area contributed by atoms with Gasteiger partial charge in [-0.1, -0.05) is 23.4 Å². The summed E-state index contributed by atoms with van der Waals surface area (Å²) < 4.78 is 5.29. The van der Waals surface area contributed by atoms with Crippen LogP contribution in [0.25, 0.3) is 0 Å². The average molecular weight is 271 g/mol. The molecule has 106 valence electrons. The molecule has 3 rings (SSSR count). The zero-order valence-electron chi connectivity index (χ0n) is 12.1. The van der Waals surface area contributed by atoms with Gasteiger partial charge in [0.15, 0.2) is 5.82 Å². The van der Waals surface area contributed by atoms with E-state index in [4.69, 9.17) is 4.52 Å². The number of benzene rings is 1. The maximum absolute atomic E-state index is 5.29. The number of hydrogen-bond acceptors (Lipinski definition) is 4. The minimum Gasteiger partial charge on any atom is -0.339 e. The molecule has 0 bridgehead atoms. The molecule has 0 radical (unpaired) electrons. The fourth-order valence-corrected chi connectivity index (χ4v) is 2.23. The van der Waals surface area contributed by atoms with Crippen LogP contribution >= 0.6 is 0 Å². The molecule has 0 saturated heterocycles. The molecule has 1 aromatic carbocycles. The van der Waals surface area contributed by atoms with Gasteiger partial charge in [0, 0.05) is 25.4 Å². The molecule has 1 fully saturated rings. The van der Waals surface area contributed by atoms with Crippen molar-refractivity contribution < 1.29 is 4.52 Å². The third-order valence-corrected chi connectivity index (χ3v) is 3.79. The number of nitrogens with one attached hydrogen (secondary N) is 1. The van der Waals surface area contributed by atoms with E-state index >= 15 is 0 Å². The minimum atomic E-state index is 0.730. The minimum absolute atomic E-state index is 0.730. The zero-order chi connectivity index (χ0) is 13.9. The van der Waals surface area contributed by atoms with Crippen LogP contribution < -0.4 is 5.32 Å². The third kappa shape index (κ3) is 3.45. The Bertz CT molecular complexity index is 587. The molecule has 20 heavy (non-hydrogen) atoms. The highest BCUT2D eigenvalue weighted by Gasteiger charge is 2.20. The third-order valence-electron chi connectivity index (χ3n) is 3.79. The molecule has 0 atom stereocenters. The smallest absolute Gasteiger partial charge is 0.227 e. The maximum atomic E-state index is 5.29. The van der Waals surface area contributed by atoms with Crippen molar-refractivity contribution in [1.82, 2.24) is 15.5 Å². The predicted octanol–water partition coefficient (Wildman–Crippen LogP) is 2.57. The summed E-state index contributed by atoms with van der Waals surface area (Å²) in [5.74, 6) is 1.51. The summed E-state index contributed by atoms with van der Waals surface area (Å²) in [4.78, 5) is 4.46. The molecular weight excluding hydrogens is 250 g/mol. The van der Waals surface area contributed by atoms with E-state index in [2.05, 4.69) is 47.5 Å². The lowest BCUT2D eigenvalue weighted by molar-refractivity contribution is 0.371. The van der Waals surface area contributed by atoms with E-state index in [0.717, 1.165) is 37.1 Å². The SMILES string of the molecule is Cc1ccc(Cc2noc(CCNC3CC3)n2)cc1C. The van der Waals surface area contributed by atoms with Gasteiger partial charge in [-0.05, 0) is 43.4 Å². The Kier molecular flexibility index (Phi) is 3.83. The molecule has 0 aliphatic heterocycles. The Morgan fingerprint density at radius 1 is 1.25 bits per heavy atom. The summed E-state index contributed by atoms with van der Waals surface area (Å²) in [6.07, 6.45) is 4.17. The largest absolute Gasteiger partial charge is 0.339 e. The van der Waals surface area contributed by atoms with E-state index < -0.39 is 0 Å². The lowest BCUT2D eigenvalue weighted by Crippen LogP contribution is -2.19. The van der Waals surface area contributed by atoms with Crippen LogP contribution in [0.5, 0.6) is 0 Å². The summed E-state index contributed by atoms with van der Waals surface area (Å²) in [6.45, 7) is 5.18. The van der Waals surface area contributed by atoms with Gasteiger partial charge in [0.25, 0.3) is 0 Å². The van der Waals surface area contributed by atoms with Gasteiger partial charge in [-0.25, -0.2) is 0 Å². The van der Waals surface area contributed by atoms with Crippen molar-refractivity contribution in [3.05, 3.63) is 46.6 Å². The average Bonchev–Trinajstić information content (AvgIpc) is 3.14. The van der Waals surface area contributed by atoms with Gasteiger partial charge in [-0.2, -0.15) is 4.98 Å². The first-order valence-corrected chi connectivity index (χ1v) is 7.31. The zero-order valence-corrected chi connectivity index (χ0v) is 12.1. The van der Waals surface area contributed by atoms with Crippen LogP contribution in [-0.4, -0.2) is 22.7 Å². The second-order valence-electron chi connectivity index (χ2n) is 5.68. The topological polar surface area (TPSA) is 51.0 Å². The molecule has 0 spiro atoms. The molecule has 1 N–H and O–H groups in total. The van der Waals surface area contributed by atoms with Crippen LogP contribution in [0, 0.1) is 13.8 Å². The maximum Gasteiger partial charge on any atom is 0.227 e. The van der Waals surface area contributed by atoms with Crippen molar-refractivity contribution in [2.75, 3.05) is 6.54 Å². The summed E-state index contributed by atoms with van der Waals surface area (Å²) in [5, 5.41) is 7.51. The summed E-state index contributed by atoms with van der Waals surface area (Å²) in [5.41, 5.74) is 3.85. The molecule has 1 aliphatic carbocycles. The normalized spacial score (nSPS) is 14.7. The van der Waals surface area contributed by atoms with E-state index in [9.17, 15) is 0 Å². The van der Waals surface area contributed by atoms with Crippen LogP contribution in [0.4, 0.5) is 0 Å². The summed E-state index contributed by atoms with van der Waals surface area (Å²) >= 11 is 0. The number of aryl methyl sites for hydroxylation is 2. The molecule has 2 aromatic rings. The molecule has 4 nitrogen and oxygen atoms in total. The highest BCUT2D eigenvalue weighted by atomic mass is 16.5. The van der Waals surface area contributed by atoms with E-state index in [1.807, 2.05) is 0 Å². The van der Waals surface area contributed by atoms with Gasteiger partial charge >= 0.3 is 0 Å². The van der Waals surface area contributed by atoms with E-state index in [0.29, 0.717) is 0 Å². The summed E-state index contributed by atoms with van der Waals surface area (Å²) in [7, 11) is 0. The molecule has 1 heterocycles. The first-order chi connectivity index (χ1) is 9.70. The lowest BCUT2D eigenvalue weighted by atomic mass is 10.0.